The lowest BCUT2D eigenvalue weighted by Crippen LogP contribution is -2.32. The Kier molecular flexibility index (Phi) is 7.90. The van der Waals surface area contributed by atoms with Crippen LogP contribution < -0.4 is 9.47 Å². The number of hydrogen-bond donors (Lipinski definition) is 0. The number of methoxy groups -OCH3 is 2. The number of ether oxygens (including phenoxy) is 2. The molecule has 0 saturated heterocycles. The van der Waals surface area contributed by atoms with Crippen LogP contribution in [0, 0.1) is 0 Å². The summed E-state index contributed by atoms with van der Waals surface area (Å²) in [7, 11) is 3.33. The first-order chi connectivity index (χ1) is 14.7. The molecule has 3 rings (SSSR count). The summed E-state index contributed by atoms with van der Waals surface area (Å²) in [6, 6.07) is 26.0. The number of carbonyl (C=O) groups is 1. The zero-order valence-electron chi connectivity index (χ0n) is 17.7. The first-order valence-corrected chi connectivity index (χ1v) is 10.3. The summed E-state index contributed by atoms with van der Waals surface area (Å²) in [6.07, 6.45) is 1.98. The molecule has 4 nitrogen and oxygen atoms in total. The Bertz CT molecular complexity index is 923. The second-order valence-corrected chi connectivity index (χ2v) is 7.21. The van der Waals surface area contributed by atoms with E-state index in [0.29, 0.717) is 19.5 Å². The summed E-state index contributed by atoms with van der Waals surface area (Å²) in [4.78, 5) is 15.0. The number of aryl methyl sites for hydroxylation is 1. The summed E-state index contributed by atoms with van der Waals surface area (Å²) < 4.78 is 10.7. The van der Waals surface area contributed by atoms with Crippen LogP contribution in [0.15, 0.2) is 78.9 Å². The number of benzene rings is 3. The predicted octanol–water partition coefficient (Wildman–Crippen LogP) is 4.91. The monoisotopic (exact) mass is 403 g/mol. The molecular weight excluding hydrogens is 374 g/mol. The highest BCUT2D eigenvalue weighted by molar-refractivity contribution is 5.76. The number of amides is 1. The molecule has 0 bridgehead atoms. The van der Waals surface area contributed by atoms with E-state index in [2.05, 4.69) is 18.2 Å². The highest BCUT2D eigenvalue weighted by Gasteiger charge is 2.15. The van der Waals surface area contributed by atoms with Crippen LogP contribution in [0.1, 0.15) is 23.1 Å². The Hall–Kier alpha value is -3.27. The van der Waals surface area contributed by atoms with Crippen LogP contribution in [0.2, 0.25) is 0 Å². The van der Waals surface area contributed by atoms with Gasteiger partial charge in [-0.3, -0.25) is 4.79 Å². The average Bonchev–Trinajstić information content (AvgIpc) is 2.81. The van der Waals surface area contributed by atoms with Crippen LogP contribution in [0.3, 0.4) is 0 Å². The molecule has 0 fully saturated rings. The van der Waals surface area contributed by atoms with Gasteiger partial charge in [0.25, 0.3) is 0 Å². The van der Waals surface area contributed by atoms with E-state index in [0.717, 1.165) is 35.5 Å². The molecule has 0 unspecified atom stereocenters. The van der Waals surface area contributed by atoms with Gasteiger partial charge in [0.1, 0.15) is 11.5 Å². The van der Waals surface area contributed by atoms with Gasteiger partial charge < -0.3 is 14.4 Å². The fourth-order valence-corrected chi connectivity index (χ4v) is 3.46. The molecule has 0 aliphatic rings. The van der Waals surface area contributed by atoms with Crippen LogP contribution in [0.4, 0.5) is 0 Å². The number of rotatable bonds is 10. The van der Waals surface area contributed by atoms with Crippen molar-refractivity contribution < 1.29 is 14.3 Å². The topological polar surface area (TPSA) is 38.8 Å². The molecule has 0 atom stereocenters. The van der Waals surface area contributed by atoms with Crippen molar-refractivity contribution in [2.24, 2.45) is 0 Å². The molecule has 0 aliphatic heterocycles. The molecule has 0 radical (unpaired) electrons. The van der Waals surface area contributed by atoms with Crippen molar-refractivity contribution in [3.63, 3.8) is 0 Å². The second-order valence-electron chi connectivity index (χ2n) is 7.21. The average molecular weight is 404 g/mol. The van der Waals surface area contributed by atoms with Gasteiger partial charge in [0.2, 0.25) is 5.91 Å². The van der Waals surface area contributed by atoms with Gasteiger partial charge in [-0.25, -0.2) is 0 Å². The molecule has 0 aromatic heterocycles. The first kappa shape index (κ1) is 21.4. The maximum absolute atomic E-state index is 13.1. The molecule has 0 spiro atoms. The van der Waals surface area contributed by atoms with Crippen LogP contribution in [0.5, 0.6) is 11.5 Å². The number of para-hydroxylation sites is 1. The van der Waals surface area contributed by atoms with E-state index < -0.39 is 0 Å². The standard InChI is InChI=1S/C26H29NO3/c1-29-24-15-12-22(13-16-24)20-27(19-18-23-10-6-7-11-25(23)30-2)26(28)17-14-21-8-4-3-5-9-21/h3-13,15-16H,14,17-20H2,1-2H3. The fraction of sp³-hybridized carbons (Fsp3) is 0.269. The van der Waals surface area contributed by atoms with E-state index in [9.17, 15) is 4.79 Å². The molecule has 0 N–H and O–H groups in total. The first-order valence-electron chi connectivity index (χ1n) is 10.3. The lowest BCUT2D eigenvalue weighted by Gasteiger charge is -2.24. The molecule has 0 aliphatic carbocycles. The van der Waals surface area contributed by atoms with Crippen LogP contribution in [-0.4, -0.2) is 31.6 Å². The SMILES string of the molecule is COc1ccc(CN(CCc2ccccc2OC)C(=O)CCc2ccccc2)cc1. The number of carbonyl (C=O) groups excluding carboxylic acids is 1. The Morgan fingerprint density at radius 1 is 0.767 bits per heavy atom. The summed E-state index contributed by atoms with van der Waals surface area (Å²) in [5.41, 5.74) is 3.37. The fourth-order valence-electron chi connectivity index (χ4n) is 3.46. The van der Waals surface area contributed by atoms with Crippen LogP contribution >= 0.6 is 0 Å². The molecule has 3 aromatic rings. The van der Waals surface area contributed by atoms with Crippen molar-refractivity contribution in [3.05, 3.63) is 95.6 Å². The van der Waals surface area contributed by atoms with Gasteiger partial charge in [-0.15, -0.1) is 0 Å². The Balaban J connectivity index is 1.70. The molecule has 1 amide bonds. The summed E-state index contributed by atoms with van der Waals surface area (Å²) in [5.74, 6) is 1.83. The van der Waals surface area contributed by atoms with E-state index in [1.54, 1.807) is 14.2 Å². The third-order valence-electron chi connectivity index (χ3n) is 5.20. The zero-order valence-corrected chi connectivity index (χ0v) is 17.7. The molecule has 4 heteroatoms. The third kappa shape index (κ3) is 6.11. The summed E-state index contributed by atoms with van der Waals surface area (Å²) >= 11 is 0. The van der Waals surface area contributed by atoms with Crippen LogP contribution in [0.25, 0.3) is 0 Å². The van der Waals surface area contributed by atoms with Gasteiger partial charge in [-0.1, -0.05) is 60.7 Å². The molecule has 30 heavy (non-hydrogen) atoms. The Morgan fingerprint density at radius 3 is 2.17 bits per heavy atom. The van der Waals surface area contributed by atoms with Gasteiger partial charge >= 0.3 is 0 Å². The van der Waals surface area contributed by atoms with Gasteiger partial charge in [0, 0.05) is 19.5 Å². The maximum Gasteiger partial charge on any atom is 0.223 e. The zero-order chi connectivity index (χ0) is 21.2. The van der Waals surface area contributed by atoms with E-state index >= 15 is 0 Å². The minimum absolute atomic E-state index is 0.157. The normalized spacial score (nSPS) is 10.5. The number of nitrogens with zero attached hydrogens (tertiary/aromatic N) is 1. The van der Waals surface area contributed by atoms with Gasteiger partial charge in [-0.05, 0) is 47.7 Å². The predicted molar refractivity (Wildman–Crippen MR) is 120 cm³/mol. The number of hydrogen-bond acceptors (Lipinski definition) is 3. The van der Waals surface area contributed by atoms with Gasteiger partial charge in [0.05, 0.1) is 14.2 Å². The van der Waals surface area contributed by atoms with Crippen molar-refractivity contribution in [3.8, 4) is 11.5 Å². The Labute approximate surface area is 179 Å². The minimum atomic E-state index is 0.157. The molecule has 3 aromatic carbocycles. The van der Waals surface area contributed by atoms with E-state index in [-0.39, 0.29) is 5.91 Å². The highest BCUT2D eigenvalue weighted by atomic mass is 16.5. The largest absolute Gasteiger partial charge is 0.497 e. The van der Waals surface area contributed by atoms with Crippen LogP contribution in [-0.2, 0) is 24.2 Å². The van der Waals surface area contributed by atoms with Gasteiger partial charge in [-0.2, -0.15) is 0 Å². The lowest BCUT2D eigenvalue weighted by molar-refractivity contribution is -0.131. The quantitative estimate of drug-likeness (QED) is 0.483. The van der Waals surface area contributed by atoms with Crippen molar-refractivity contribution in [1.29, 1.82) is 0 Å². The molecule has 0 saturated carbocycles. The van der Waals surface area contributed by atoms with Gasteiger partial charge in [0.15, 0.2) is 0 Å². The van der Waals surface area contributed by atoms with E-state index in [1.807, 2.05) is 65.6 Å². The molecular formula is C26H29NO3. The second kappa shape index (κ2) is 11.1. The lowest BCUT2D eigenvalue weighted by atomic mass is 10.1. The van der Waals surface area contributed by atoms with Crippen molar-refractivity contribution >= 4 is 5.91 Å². The molecule has 0 heterocycles. The van der Waals surface area contributed by atoms with Crippen molar-refractivity contribution in [1.82, 2.24) is 4.90 Å². The third-order valence-corrected chi connectivity index (χ3v) is 5.20. The Morgan fingerprint density at radius 2 is 1.47 bits per heavy atom. The highest BCUT2D eigenvalue weighted by Crippen LogP contribution is 2.20. The maximum atomic E-state index is 13.1. The van der Waals surface area contributed by atoms with Crippen molar-refractivity contribution in [2.45, 2.75) is 25.8 Å². The minimum Gasteiger partial charge on any atom is -0.497 e. The van der Waals surface area contributed by atoms with E-state index in [4.69, 9.17) is 9.47 Å². The van der Waals surface area contributed by atoms with Crippen molar-refractivity contribution in [2.75, 3.05) is 20.8 Å². The summed E-state index contributed by atoms with van der Waals surface area (Å²) in [6.45, 7) is 1.22. The summed E-state index contributed by atoms with van der Waals surface area (Å²) in [5, 5.41) is 0. The van der Waals surface area contributed by atoms with E-state index in [1.165, 1.54) is 5.56 Å². The smallest absolute Gasteiger partial charge is 0.223 e. The molecule has 156 valence electrons.